The number of hydrogen-bond donors (Lipinski definition) is 1. The van der Waals surface area contributed by atoms with Crippen molar-refractivity contribution in [3.05, 3.63) is 53.9 Å². The molecule has 2 N–H and O–H groups in total. The molecule has 86 valence electrons. The summed E-state index contributed by atoms with van der Waals surface area (Å²) in [6.45, 7) is 2.02. The molecular formula is C13H12N2OS. The fourth-order valence-corrected chi connectivity index (χ4v) is 1.57. The second-order valence-corrected chi connectivity index (χ2v) is 4.09. The molecule has 0 bridgehead atoms. The summed E-state index contributed by atoms with van der Waals surface area (Å²) >= 11 is 4.96. The van der Waals surface area contributed by atoms with Crippen molar-refractivity contribution in [3.63, 3.8) is 0 Å². The first-order valence-corrected chi connectivity index (χ1v) is 5.56. The Morgan fingerprint density at radius 3 is 2.59 bits per heavy atom. The van der Waals surface area contributed by atoms with Crippen LogP contribution in [0.25, 0.3) is 0 Å². The highest BCUT2D eigenvalue weighted by molar-refractivity contribution is 7.80. The van der Waals surface area contributed by atoms with Gasteiger partial charge in [-0.3, -0.25) is 4.98 Å². The fraction of sp³-hybridized carbons (Fsp3) is 0.0769. The number of nitrogens with two attached hydrogens (primary N) is 1. The van der Waals surface area contributed by atoms with E-state index in [1.807, 2.05) is 31.2 Å². The van der Waals surface area contributed by atoms with Crippen molar-refractivity contribution in [1.82, 2.24) is 4.98 Å². The number of hydrogen-bond acceptors (Lipinski definition) is 3. The number of thiocarbonyl (C=S) groups is 1. The maximum Gasteiger partial charge on any atom is 0.155 e. The Morgan fingerprint density at radius 1 is 1.24 bits per heavy atom. The summed E-state index contributed by atoms with van der Waals surface area (Å²) < 4.78 is 5.70. The van der Waals surface area contributed by atoms with Gasteiger partial charge in [-0.25, -0.2) is 0 Å². The summed E-state index contributed by atoms with van der Waals surface area (Å²) in [4.78, 5) is 4.30. The highest BCUT2D eigenvalue weighted by Crippen LogP contribution is 2.24. The van der Waals surface area contributed by atoms with Gasteiger partial charge >= 0.3 is 0 Å². The molecule has 0 radical (unpaired) electrons. The maximum atomic E-state index is 5.70. The van der Waals surface area contributed by atoms with Crippen molar-refractivity contribution in [2.75, 3.05) is 0 Å². The molecular weight excluding hydrogens is 232 g/mol. The number of rotatable bonds is 3. The molecule has 0 saturated heterocycles. The molecule has 1 aromatic carbocycles. The molecule has 1 aromatic heterocycles. The van der Waals surface area contributed by atoms with Gasteiger partial charge < -0.3 is 10.5 Å². The van der Waals surface area contributed by atoms with Gasteiger partial charge in [0.15, 0.2) is 5.75 Å². The van der Waals surface area contributed by atoms with E-state index in [4.69, 9.17) is 22.7 Å². The van der Waals surface area contributed by atoms with E-state index in [2.05, 4.69) is 4.98 Å². The summed E-state index contributed by atoms with van der Waals surface area (Å²) in [5, 5.41) is 0. The molecule has 2 rings (SSSR count). The van der Waals surface area contributed by atoms with E-state index in [1.54, 1.807) is 18.5 Å². The first-order chi connectivity index (χ1) is 8.16. The molecule has 0 aliphatic carbocycles. The molecule has 0 aliphatic heterocycles. The van der Waals surface area contributed by atoms with Crippen LogP contribution in [0.4, 0.5) is 0 Å². The van der Waals surface area contributed by atoms with Gasteiger partial charge in [0.2, 0.25) is 0 Å². The van der Waals surface area contributed by atoms with Crippen LogP contribution >= 0.6 is 12.2 Å². The molecule has 2 aromatic rings. The van der Waals surface area contributed by atoms with E-state index in [9.17, 15) is 0 Å². The summed E-state index contributed by atoms with van der Waals surface area (Å²) in [6, 6.07) is 9.49. The molecule has 17 heavy (non-hydrogen) atoms. The van der Waals surface area contributed by atoms with Crippen LogP contribution in [0, 0.1) is 6.92 Å². The predicted octanol–water partition coefficient (Wildman–Crippen LogP) is 2.82. The van der Waals surface area contributed by atoms with E-state index >= 15 is 0 Å². The first kappa shape index (κ1) is 11.5. The van der Waals surface area contributed by atoms with Gasteiger partial charge in [-0.2, -0.15) is 0 Å². The van der Waals surface area contributed by atoms with E-state index in [0.717, 1.165) is 5.75 Å². The highest BCUT2D eigenvalue weighted by Gasteiger charge is 2.06. The molecule has 0 saturated carbocycles. The van der Waals surface area contributed by atoms with E-state index in [0.29, 0.717) is 16.3 Å². The lowest BCUT2D eigenvalue weighted by Gasteiger charge is -2.09. The van der Waals surface area contributed by atoms with Crippen molar-refractivity contribution in [3.8, 4) is 11.5 Å². The molecule has 0 atom stereocenters. The summed E-state index contributed by atoms with van der Waals surface area (Å²) in [5.74, 6) is 1.31. The Morgan fingerprint density at radius 2 is 1.94 bits per heavy atom. The largest absolute Gasteiger partial charge is 0.455 e. The smallest absolute Gasteiger partial charge is 0.155 e. The number of nitrogens with zero attached hydrogens (tertiary/aromatic N) is 1. The molecule has 0 spiro atoms. The van der Waals surface area contributed by atoms with Gasteiger partial charge in [-0.15, -0.1) is 0 Å². The molecule has 1 heterocycles. The second-order valence-electron chi connectivity index (χ2n) is 3.65. The lowest BCUT2D eigenvalue weighted by molar-refractivity contribution is 0.479. The zero-order chi connectivity index (χ0) is 12.3. The number of benzene rings is 1. The van der Waals surface area contributed by atoms with Gasteiger partial charge in [0.1, 0.15) is 10.7 Å². The number of aromatic nitrogens is 1. The van der Waals surface area contributed by atoms with Crippen molar-refractivity contribution in [1.29, 1.82) is 0 Å². The third-order valence-corrected chi connectivity index (χ3v) is 2.52. The zero-order valence-electron chi connectivity index (χ0n) is 9.38. The van der Waals surface area contributed by atoms with Crippen LogP contribution in [-0.4, -0.2) is 9.97 Å². The minimum absolute atomic E-state index is 0.300. The van der Waals surface area contributed by atoms with Gasteiger partial charge in [-0.1, -0.05) is 29.9 Å². The highest BCUT2D eigenvalue weighted by atomic mass is 32.1. The van der Waals surface area contributed by atoms with Crippen LogP contribution in [0.1, 0.15) is 11.1 Å². The van der Waals surface area contributed by atoms with E-state index < -0.39 is 0 Å². The Bertz CT molecular complexity index is 537. The topological polar surface area (TPSA) is 48.1 Å². The van der Waals surface area contributed by atoms with Crippen LogP contribution < -0.4 is 10.5 Å². The first-order valence-electron chi connectivity index (χ1n) is 5.15. The van der Waals surface area contributed by atoms with Crippen molar-refractivity contribution < 1.29 is 4.74 Å². The standard InChI is InChI=1S/C13H12N2OS/c1-9-2-4-10(5-3-9)16-12-8-15-7-6-11(12)13(14)17/h2-8H,1H3,(H2,14,17). The lowest BCUT2D eigenvalue weighted by atomic mass is 10.2. The number of pyridine rings is 1. The van der Waals surface area contributed by atoms with Gasteiger partial charge in [0, 0.05) is 6.20 Å². The molecule has 0 unspecified atom stereocenters. The monoisotopic (exact) mass is 244 g/mol. The second kappa shape index (κ2) is 4.93. The number of aryl methyl sites for hydroxylation is 1. The lowest BCUT2D eigenvalue weighted by Crippen LogP contribution is -2.10. The average molecular weight is 244 g/mol. The summed E-state index contributed by atoms with van der Waals surface area (Å²) in [5.41, 5.74) is 7.49. The fourth-order valence-electron chi connectivity index (χ4n) is 1.40. The Labute approximate surface area is 105 Å². The van der Waals surface area contributed by atoms with Crippen LogP contribution in [-0.2, 0) is 0 Å². The average Bonchev–Trinajstić information content (AvgIpc) is 2.32. The third-order valence-electron chi connectivity index (χ3n) is 2.30. The zero-order valence-corrected chi connectivity index (χ0v) is 10.2. The van der Waals surface area contributed by atoms with Gasteiger partial charge in [0.05, 0.1) is 11.8 Å². The van der Waals surface area contributed by atoms with Crippen molar-refractivity contribution in [2.45, 2.75) is 6.92 Å². The van der Waals surface area contributed by atoms with Crippen LogP contribution in [0.5, 0.6) is 11.5 Å². The van der Waals surface area contributed by atoms with Crippen molar-refractivity contribution in [2.24, 2.45) is 5.73 Å². The van der Waals surface area contributed by atoms with Crippen molar-refractivity contribution >= 4 is 17.2 Å². The van der Waals surface area contributed by atoms with Crippen LogP contribution in [0.15, 0.2) is 42.7 Å². The Balaban J connectivity index is 2.30. The van der Waals surface area contributed by atoms with E-state index in [-0.39, 0.29) is 0 Å². The Kier molecular flexibility index (Phi) is 3.35. The van der Waals surface area contributed by atoms with Crippen LogP contribution in [0.3, 0.4) is 0 Å². The Hall–Kier alpha value is -1.94. The van der Waals surface area contributed by atoms with Crippen LogP contribution in [0.2, 0.25) is 0 Å². The summed E-state index contributed by atoms with van der Waals surface area (Å²) in [7, 11) is 0. The summed E-state index contributed by atoms with van der Waals surface area (Å²) in [6.07, 6.45) is 3.24. The molecule has 0 amide bonds. The normalized spacial score (nSPS) is 9.94. The SMILES string of the molecule is Cc1ccc(Oc2cnccc2C(N)=S)cc1. The molecule has 4 heteroatoms. The molecule has 0 fully saturated rings. The van der Waals surface area contributed by atoms with Gasteiger partial charge in [-0.05, 0) is 25.1 Å². The number of ether oxygens (including phenoxy) is 1. The van der Waals surface area contributed by atoms with E-state index in [1.165, 1.54) is 5.56 Å². The minimum atomic E-state index is 0.300. The van der Waals surface area contributed by atoms with Gasteiger partial charge in [0.25, 0.3) is 0 Å². The minimum Gasteiger partial charge on any atom is -0.455 e. The molecule has 0 aliphatic rings. The maximum absolute atomic E-state index is 5.70. The quantitative estimate of drug-likeness (QED) is 0.843. The third kappa shape index (κ3) is 2.79. The predicted molar refractivity (Wildman–Crippen MR) is 71.4 cm³/mol. The molecule has 3 nitrogen and oxygen atoms in total.